The lowest BCUT2D eigenvalue weighted by molar-refractivity contribution is 0.0524. The van der Waals surface area contributed by atoms with Crippen molar-refractivity contribution in [3.05, 3.63) is 39.0 Å². The first kappa shape index (κ1) is 15.9. The molecule has 0 unspecified atom stereocenters. The van der Waals surface area contributed by atoms with E-state index in [1.165, 1.54) is 10.8 Å². The van der Waals surface area contributed by atoms with E-state index in [0.29, 0.717) is 0 Å². The highest BCUT2D eigenvalue weighted by molar-refractivity contribution is 6.29. The molecule has 2 rings (SSSR count). The van der Waals surface area contributed by atoms with Crippen molar-refractivity contribution in [1.29, 1.82) is 5.26 Å². The van der Waals surface area contributed by atoms with Gasteiger partial charge in [-0.25, -0.2) is 14.2 Å². The molecule has 0 bridgehead atoms. The second-order valence-electron chi connectivity index (χ2n) is 4.33. The fraction of sp³-hybridized carbons (Fsp3) is 0.286. The number of aromatic nitrogens is 2. The van der Waals surface area contributed by atoms with Crippen LogP contribution in [0.4, 0.5) is 4.39 Å². The summed E-state index contributed by atoms with van der Waals surface area (Å²) in [6.07, 6.45) is 1.37. The molecule has 2 aromatic heterocycles. The fourth-order valence-electron chi connectivity index (χ4n) is 1.96. The van der Waals surface area contributed by atoms with E-state index in [1.807, 2.05) is 6.07 Å². The second-order valence-corrected chi connectivity index (χ2v) is 4.68. The van der Waals surface area contributed by atoms with Crippen LogP contribution in [0.5, 0.6) is 0 Å². The second kappa shape index (κ2) is 6.54. The Bertz CT molecular complexity index is 842. The van der Waals surface area contributed by atoms with Gasteiger partial charge in [0.15, 0.2) is 11.0 Å². The van der Waals surface area contributed by atoms with Crippen molar-refractivity contribution in [2.24, 2.45) is 0 Å². The maximum Gasteiger partial charge on any atom is 0.343 e. The van der Waals surface area contributed by atoms with Crippen LogP contribution in [-0.2, 0) is 11.3 Å². The summed E-state index contributed by atoms with van der Waals surface area (Å²) in [7, 11) is 0. The highest BCUT2D eigenvalue weighted by Crippen LogP contribution is 2.18. The number of nitriles is 1. The van der Waals surface area contributed by atoms with E-state index in [0.717, 1.165) is 6.07 Å². The lowest BCUT2D eigenvalue weighted by Gasteiger charge is -2.11. The average Bonchev–Trinajstić information content (AvgIpc) is 2.49. The van der Waals surface area contributed by atoms with E-state index in [4.69, 9.17) is 21.6 Å². The SMILES string of the molecule is CCOC(=O)c1cn(CCC#N)c2nc(Cl)c(F)cc2c1=O. The van der Waals surface area contributed by atoms with Crippen molar-refractivity contribution in [2.75, 3.05) is 6.61 Å². The van der Waals surface area contributed by atoms with E-state index in [2.05, 4.69) is 4.98 Å². The summed E-state index contributed by atoms with van der Waals surface area (Å²) in [6, 6.07) is 2.87. The van der Waals surface area contributed by atoms with Gasteiger partial charge in [-0.05, 0) is 13.0 Å². The maximum atomic E-state index is 13.6. The highest BCUT2D eigenvalue weighted by atomic mass is 35.5. The van der Waals surface area contributed by atoms with Crippen molar-refractivity contribution >= 4 is 28.6 Å². The summed E-state index contributed by atoms with van der Waals surface area (Å²) in [5.74, 6) is -1.67. The van der Waals surface area contributed by atoms with Gasteiger partial charge < -0.3 is 9.30 Å². The molecule has 2 heterocycles. The molecule has 0 saturated carbocycles. The van der Waals surface area contributed by atoms with Gasteiger partial charge in [-0.2, -0.15) is 5.26 Å². The van der Waals surface area contributed by atoms with E-state index < -0.39 is 17.2 Å². The summed E-state index contributed by atoms with van der Waals surface area (Å²) in [5, 5.41) is 8.21. The van der Waals surface area contributed by atoms with Gasteiger partial charge in [0, 0.05) is 12.7 Å². The molecule has 0 N–H and O–H groups in total. The smallest absolute Gasteiger partial charge is 0.343 e. The molecule has 8 heteroatoms. The summed E-state index contributed by atoms with van der Waals surface area (Å²) in [5.41, 5.74) is -0.819. The molecule has 0 aromatic carbocycles. The molecular weight excluding hydrogens is 313 g/mol. The first-order chi connectivity index (χ1) is 10.5. The van der Waals surface area contributed by atoms with E-state index >= 15 is 0 Å². The van der Waals surface area contributed by atoms with Crippen LogP contribution in [-0.4, -0.2) is 22.1 Å². The Balaban J connectivity index is 2.76. The number of carbonyl (C=O) groups is 1. The minimum atomic E-state index is -0.862. The average molecular weight is 324 g/mol. The van der Waals surface area contributed by atoms with Gasteiger partial charge in [-0.15, -0.1) is 0 Å². The molecule has 0 radical (unpaired) electrons. The summed E-state index contributed by atoms with van der Waals surface area (Å²) in [4.78, 5) is 28.0. The van der Waals surface area contributed by atoms with Gasteiger partial charge in [-0.3, -0.25) is 4.79 Å². The Labute approximate surface area is 129 Å². The highest BCUT2D eigenvalue weighted by Gasteiger charge is 2.18. The third-order valence-corrected chi connectivity index (χ3v) is 3.18. The summed E-state index contributed by atoms with van der Waals surface area (Å²) >= 11 is 5.64. The van der Waals surface area contributed by atoms with Crippen LogP contribution >= 0.6 is 11.6 Å². The van der Waals surface area contributed by atoms with Crippen molar-refractivity contribution in [3.63, 3.8) is 0 Å². The van der Waals surface area contributed by atoms with E-state index in [1.54, 1.807) is 6.92 Å². The summed E-state index contributed by atoms with van der Waals surface area (Å²) in [6.45, 7) is 1.88. The molecule has 0 aliphatic heterocycles. The van der Waals surface area contributed by atoms with Crippen LogP contribution in [0.3, 0.4) is 0 Å². The number of halogens is 2. The number of esters is 1. The van der Waals surface area contributed by atoms with Crippen molar-refractivity contribution < 1.29 is 13.9 Å². The minimum absolute atomic E-state index is 0.0922. The normalized spacial score (nSPS) is 10.5. The molecular formula is C14H11ClFN3O3. The predicted molar refractivity (Wildman–Crippen MR) is 77.2 cm³/mol. The molecule has 0 aliphatic carbocycles. The topological polar surface area (TPSA) is 85.0 Å². The number of nitrogens with zero attached hydrogens (tertiary/aromatic N) is 3. The van der Waals surface area contributed by atoms with Crippen LogP contribution in [0.1, 0.15) is 23.7 Å². The monoisotopic (exact) mass is 323 g/mol. The van der Waals surface area contributed by atoms with Gasteiger partial charge in [-0.1, -0.05) is 11.6 Å². The Morgan fingerprint density at radius 1 is 1.59 bits per heavy atom. The predicted octanol–water partition coefficient (Wildman–Crippen LogP) is 2.28. The van der Waals surface area contributed by atoms with Gasteiger partial charge in [0.2, 0.25) is 5.43 Å². The van der Waals surface area contributed by atoms with Crippen molar-refractivity contribution in [2.45, 2.75) is 19.9 Å². The largest absolute Gasteiger partial charge is 0.462 e. The Kier molecular flexibility index (Phi) is 4.73. The lowest BCUT2D eigenvalue weighted by atomic mass is 10.2. The van der Waals surface area contributed by atoms with Crippen LogP contribution in [0.25, 0.3) is 11.0 Å². The Hall–Kier alpha value is -2.46. The lowest BCUT2D eigenvalue weighted by Crippen LogP contribution is -2.21. The number of hydrogen-bond acceptors (Lipinski definition) is 5. The third kappa shape index (κ3) is 2.92. The first-order valence-electron chi connectivity index (χ1n) is 6.42. The number of carbonyl (C=O) groups excluding carboxylic acids is 1. The van der Waals surface area contributed by atoms with Gasteiger partial charge >= 0.3 is 5.97 Å². The molecule has 6 nitrogen and oxygen atoms in total. The molecule has 0 atom stereocenters. The molecule has 114 valence electrons. The molecule has 0 aliphatic rings. The van der Waals surface area contributed by atoms with E-state index in [9.17, 15) is 14.0 Å². The molecule has 2 aromatic rings. The zero-order valence-corrected chi connectivity index (χ0v) is 12.4. The fourth-order valence-corrected chi connectivity index (χ4v) is 2.09. The maximum absolute atomic E-state index is 13.6. The zero-order chi connectivity index (χ0) is 16.3. The number of hydrogen-bond donors (Lipinski definition) is 0. The Morgan fingerprint density at radius 2 is 2.32 bits per heavy atom. The van der Waals surface area contributed by atoms with Crippen LogP contribution < -0.4 is 5.43 Å². The number of aryl methyl sites for hydroxylation is 1. The molecule has 0 saturated heterocycles. The molecule has 0 fully saturated rings. The van der Waals surface area contributed by atoms with E-state index in [-0.39, 0.29) is 41.3 Å². The Morgan fingerprint density at radius 3 is 2.95 bits per heavy atom. The standard InChI is InChI=1S/C14H11ClFN3O3/c1-2-22-14(21)9-7-19(5-3-4-17)13-8(11(9)20)6-10(16)12(15)18-13/h6-7H,2-3,5H2,1H3. The minimum Gasteiger partial charge on any atom is -0.462 e. The third-order valence-electron chi connectivity index (χ3n) is 2.92. The van der Waals surface area contributed by atoms with Crippen LogP contribution in [0.2, 0.25) is 5.15 Å². The molecule has 22 heavy (non-hydrogen) atoms. The van der Waals surface area contributed by atoms with Gasteiger partial charge in [0.05, 0.1) is 24.5 Å². The quantitative estimate of drug-likeness (QED) is 0.636. The van der Waals surface area contributed by atoms with Gasteiger partial charge in [0.25, 0.3) is 0 Å². The molecule has 0 amide bonds. The first-order valence-corrected chi connectivity index (χ1v) is 6.80. The van der Waals surface area contributed by atoms with Crippen LogP contribution in [0, 0.1) is 17.1 Å². The number of rotatable bonds is 4. The zero-order valence-electron chi connectivity index (χ0n) is 11.6. The number of ether oxygens (including phenoxy) is 1. The van der Waals surface area contributed by atoms with Crippen molar-refractivity contribution in [1.82, 2.24) is 9.55 Å². The number of fused-ring (bicyclic) bond motifs is 1. The number of pyridine rings is 2. The van der Waals surface area contributed by atoms with Gasteiger partial charge in [0.1, 0.15) is 11.2 Å². The van der Waals surface area contributed by atoms with Crippen LogP contribution in [0.15, 0.2) is 17.1 Å². The van der Waals surface area contributed by atoms with Crippen molar-refractivity contribution in [3.8, 4) is 6.07 Å². The summed E-state index contributed by atoms with van der Waals surface area (Å²) < 4.78 is 19.8. The molecule has 0 spiro atoms.